The van der Waals surface area contributed by atoms with Crippen LogP contribution >= 0.6 is 11.8 Å². The van der Waals surface area contributed by atoms with E-state index in [-0.39, 0.29) is 5.75 Å². The molecule has 1 atom stereocenters. The van der Waals surface area contributed by atoms with Gasteiger partial charge in [-0.3, -0.25) is 0 Å². The van der Waals surface area contributed by atoms with E-state index in [0.717, 1.165) is 4.90 Å². The van der Waals surface area contributed by atoms with Crippen molar-refractivity contribution in [2.75, 3.05) is 18.6 Å². The number of hydrogen-bond donors (Lipinski definition) is 2. The second-order valence-electron chi connectivity index (χ2n) is 3.47. The average molecular weight is 242 g/mol. The first-order valence-electron chi connectivity index (χ1n) is 4.61. The van der Waals surface area contributed by atoms with E-state index in [0.29, 0.717) is 5.82 Å². The van der Waals surface area contributed by atoms with E-state index < -0.39 is 11.6 Å². The normalized spacial score (nSPS) is 14.2. The highest BCUT2D eigenvalue weighted by Crippen LogP contribution is 2.23. The molecule has 0 spiro atoms. The smallest absolute Gasteiger partial charge is 0.338 e. The summed E-state index contributed by atoms with van der Waals surface area (Å²) in [6, 6.07) is 3.44. The molecule has 16 heavy (non-hydrogen) atoms. The Hall–Kier alpha value is -1.27. The monoisotopic (exact) mass is 242 g/mol. The maximum absolute atomic E-state index is 11.2. The van der Waals surface area contributed by atoms with E-state index in [4.69, 9.17) is 5.73 Å². The Labute approximate surface area is 98.0 Å². The van der Waals surface area contributed by atoms with Crippen LogP contribution in [-0.2, 0) is 9.53 Å². The lowest BCUT2D eigenvalue weighted by atomic mass is 10.1. The quantitative estimate of drug-likeness (QED) is 0.596. The van der Waals surface area contributed by atoms with Gasteiger partial charge in [0, 0.05) is 16.8 Å². The van der Waals surface area contributed by atoms with Crippen LogP contribution < -0.4 is 5.73 Å². The molecule has 1 unspecified atom stereocenters. The van der Waals surface area contributed by atoms with Crippen molar-refractivity contribution in [2.24, 2.45) is 0 Å². The van der Waals surface area contributed by atoms with E-state index in [9.17, 15) is 9.90 Å². The van der Waals surface area contributed by atoms with Crippen LogP contribution in [0.2, 0.25) is 0 Å². The van der Waals surface area contributed by atoms with Gasteiger partial charge in [0.1, 0.15) is 5.82 Å². The second kappa shape index (κ2) is 5.18. The first-order chi connectivity index (χ1) is 7.45. The van der Waals surface area contributed by atoms with Gasteiger partial charge < -0.3 is 15.6 Å². The Bertz CT molecular complexity index is 365. The van der Waals surface area contributed by atoms with Crippen LogP contribution in [-0.4, -0.2) is 34.5 Å². The first-order valence-corrected chi connectivity index (χ1v) is 5.59. The molecule has 1 heterocycles. The van der Waals surface area contributed by atoms with Crippen molar-refractivity contribution < 1.29 is 14.6 Å². The van der Waals surface area contributed by atoms with Crippen molar-refractivity contribution in [3.05, 3.63) is 18.3 Å². The molecule has 0 amide bonds. The lowest BCUT2D eigenvalue weighted by Gasteiger charge is -2.19. The van der Waals surface area contributed by atoms with Crippen molar-refractivity contribution in [1.29, 1.82) is 0 Å². The molecule has 5 nitrogen and oxygen atoms in total. The number of pyridine rings is 1. The molecule has 0 aliphatic carbocycles. The Balaban J connectivity index is 2.57. The van der Waals surface area contributed by atoms with Crippen molar-refractivity contribution in [2.45, 2.75) is 17.4 Å². The lowest BCUT2D eigenvalue weighted by Crippen LogP contribution is -2.38. The number of thioether (sulfide) groups is 1. The number of nitrogens with two attached hydrogens (primary N) is 1. The van der Waals surface area contributed by atoms with Crippen molar-refractivity contribution >= 4 is 23.5 Å². The highest BCUT2D eigenvalue weighted by Gasteiger charge is 2.31. The summed E-state index contributed by atoms with van der Waals surface area (Å²) >= 11 is 1.31. The summed E-state index contributed by atoms with van der Waals surface area (Å²) in [5, 5.41) is 9.76. The number of rotatable bonds is 4. The zero-order chi connectivity index (χ0) is 12.2. The number of carbonyl (C=O) groups excluding carboxylic acids is 1. The number of nitrogens with zero attached hydrogens (tertiary/aromatic N) is 1. The minimum absolute atomic E-state index is 0.200. The molecule has 0 saturated carbocycles. The number of ether oxygens (including phenoxy) is 1. The highest BCUT2D eigenvalue weighted by atomic mass is 32.2. The topological polar surface area (TPSA) is 85.4 Å². The molecule has 1 aromatic rings. The van der Waals surface area contributed by atoms with Crippen LogP contribution in [0, 0.1) is 0 Å². The van der Waals surface area contributed by atoms with Crippen LogP contribution in [0.5, 0.6) is 0 Å². The van der Waals surface area contributed by atoms with Crippen LogP contribution in [0.1, 0.15) is 6.92 Å². The zero-order valence-corrected chi connectivity index (χ0v) is 9.95. The Morgan fingerprint density at radius 2 is 2.38 bits per heavy atom. The fourth-order valence-electron chi connectivity index (χ4n) is 0.980. The van der Waals surface area contributed by atoms with Gasteiger partial charge in [-0.1, -0.05) is 0 Å². The Morgan fingerprint density at radius 1 is 1.69 bits per heavy atom. The Morgan fingerprint density at radius 3 is 2.88 bits per heavy atom. The second-order valence-corrected chi connectivity index (χ2v) is 4.52. The van der Waals surface area contributed by atoms with Gasteiger partial charge in [0.2, 0.25) is 0 Å². The highest BCUT2D eigenvalue weighted by molar-refractivity contribution is 7.99. The van der Waals surface area contributed by atoms with Gasteiger partial charge in [-0.05, 0) is 19.1 Å². The number of carbonyl (C=O) groups is 1. The molecular weight excluding hydrogens is 228 g/mol. The van der Waals surface area contributed by atoms with E-state index >= 15 is 0 Å². The van der Waals surface area contributed by atoms with Gasteiger partial charge in [-0.2, -0.15) is 0 Å². The SMILES string of the molecule is COC(=O)C(C)(O)CSc1ccc(N)nc1. The molecule has 0 radical (unpaired) electrons. The molecule has 88 valence electrons. The van der Waals surface area contributed by atoms with Crippen LogP contribution in [0.3, 0.4) is 0 Å². The maximum Gasteiger partial charge on any atom is 0.338 e. The third-order valence-corrected chi connectivity index (χ3v) is 3.19. The molecule has 0 fully saturated rings. The summed E-state index contributed by atoms with van der Waals surface area (Å²) in [5.41, 5.74) is 3.94. The van der Waals surface area contributed by atoms with Gasteiger partial charge >= 0.3 is 5.97 Å². The number of aromatic nitrogens is 1. The van der Waals surface area contributed by atoms with Gasteiger partial charge in [0.15, 0.2) is 5.60 Å². The largest absolute Gasteiger partial charge is 0.467 e. The van der Waals surface area contributed by atoms with Crippen LogP contribution in [0.4, 0.5) is 5.82 Å². The van der Waals surface area contributed by atoms with E-state index in [1.807, 2.05) is 0 Å². The van der Waals surface area contributed by atoms with Crippen LogP contribution in [0.15, 0.2) is 23.2 Å². The molecule has 1 aromatic heterocycles. The van der Waals surface area contributed by atoms with Crippen molar-refractivity contribution in [3.63, 3.8) is 0 Å². The number of nitrogen functional groups attached to an aromatic ring is 1. The molecule has 6 heteroatoms. The summed E-state index contributed by atoms with van der Waals surface area (Å²) in [6.45, 7) is 1.41. The number of anilines is 1. The molecule has 0 aromatic carbocycles. The number of methoxy groups -OCH3 is 1. The zero-order valence-electron chi connectivity index (χ0n) is 9.14. The lowest BCUT2D eigenvalue weighted by molar-refractivity contribution is -0.158. The number of aliphatic hydroxyl groups is 1. The summed E-state index contributed by atoms with van der Waals surface area (Å²) in [6.07, 6.45) is 1.59. The fraction of sp³-hybridized carbons (Fsp3) is 0.400. The minimum Gasteiger partial charge on any atom is -0.467 e. The molecule has 3 N–H and O–H groups in total. The number of hydrogen-bond acceptors (Lipinski definition) is 6. The van der Waals surface area contributed by atoms with Gasteiger partial charge in [0.25, 0.3) is 0 Å². The predicted molar refractivity (Wildman–Crippen MR) is 62.0 cm³/mol. The summed E-state index contributed by atoms with van der Waals surface area (Å²) in [5.74, 6) is -0.0156. The minimum atomic E-state index is -1.50. The van der Waals surface area contributed by atoms with Crippen LogP contribution in [0.25, 0.3) is 0 Å². The Kier molecular flexibility index (Phi) is 4.14. The fourth-order valence-corrected chi connectivity index (χ4v) is 1.84. The summed E-state index contributed by atoms with van der Waals surface area (Å²) < 4.78 is 4.48. The average Bonchev–Trinajstić information content (AvgIpc) is 2.27. The van der Waals surface area contributed by atoms with E-state index in [1.165, 1.54) is 25.8 Å². The summed E-state index contributed by atoms with van der Waals surface area (Å²) in [4.78, 5) is 15.9. The molecule has 1 rings (SSSR count). The first kappa shape index (κ1) is 12.8. The molecule has 0 bridgehead atoms. The van der Waals surface area contributed by atoms with E-state index in [1.54, 1.807) is 18.3 Å². The number of esters is 1. The van der Waals surface area contributed by atoms with Gasteiger partial charge in [0.05, 0.1) is 7.11 Å². The van der Waals surface area contributed by atoms with E-state index in [2.05, 4.69) is 9.72 Å². The molecule has 0 aliphatic heterocycles. The predicted octanol–water partition coefficient (Wildman–Crippen LogP) is 0.680. The van der Waals surface area contributed by atoms with Crippen molar-refractivity contribution in [3.8, 4) is 0 Å². The third kappa shape index (κ3) is 3.39. The molecule has 0 aliphatic rings. The van der Waals surface area contributed by atoms with Gasteiger partial charge in [-0.15, -0.1) is 11.8 Å². The summed E-state index contributed by atoms with van der Waals surface area (Å²) in [7, 11) is 1.24. The molecular formula is C10H14N2O3S. The third-order valence-electron chi connectivity index (χ3n) is 1.90. The van der Waals surface area contributed by atoms with Gasteiger partial charge in [-0.25, -0.2) is 9.78 Å². The maximum atomic E-state index is 11.2. The van der Waals surface area contributed by atoms with Crippen molar-refractivity contribution in [1.82, 2.24) is 4.98 Å². The standard InChI is InChI=1S/C10H14N2O3S/c1-10(14,9(13)15-2)6-16-7-3-4-8(11)12-5-7/h3-5,14H,6H2,1-2H3,(H2,11,12). The molecule has 0 saturated heterocycles.